The van der Waals surface area contributed by atoms with Crippen molar-refractivity contribution in [2.75, 3.05) is 18.5 Å². The molecule has 3 nitrogen and oxygen atoms in total. The molecule has 0 saturated carbocycles. The van der Waals surface area contributed by atoms with E-state index in [-0.39, 0.29) is 0 Å². The van der Waals surface area contributed by atoms with Crippen molar-refractivity contribution in [2.24, 2.45) is 0 Å². The Morgan fingerprint density at radius 3 is 2.50 bits per heavy atom. The van der Waals surface area contributed by atoms with Gasteiger partial charge >= 0.3 is 0 Å². The predicted molar refractivity (Wildman–Crippen MR) is 101 cm³/mol. The van der Waals surface area contributed by atoms with E-state index in [0.29, 0.717) is 13.2 Å². The van der Waals surface area contributed by atoms with E-state index >= 15 is 0 Å². The van der Waals surface area contributed by atoms with Crippen LogP contribution in [0.15, 0.2) is 49.1 Å². The van der Waals surface area contributed by atoms with Crippen molar-refractivity contribution in [3.63, 3.8) is 0 Å². The minimum Gasteiger partial charge on any atom is -0.490 e. The van der Waals surface area contributed by atoms with Crippen LogP contribution in [0.25, 0.3) is 0 Å². The second kappa shape index (κ2) is 9.02. The summed E-state index contributed by atoms with van der Waals surface area (Å²) >= 11 is 0. The molecule has 0 saturated heterocycles. The second-order valence-electron chi connectivity index (χ2n) is 5.61. The summed E-state index contributed by atoms with van der Waals surface area (Å²) in [6, 6.07) is 12.5. The number of hydrogen-bond donors (Lipinski definition) is 1. The Bertz CT molecular complexity index is 680. The van der Waals surface area contributed by atoms with Gasteiger partial charge < -0.3 is 14.8 Å². The van der Waals surface area contributed by atoms with Crippen LogP contribution in [0.5, 0.6) is 11.5 Å². The highest BCUT2D eigenvalue weighted by atomic mass is 16.5. The molecular formula is C21H27NO2. The minimum absolute atomic E-state index is 0.613. The highest BCUT2D eigenvalue weighted by Gasteiger charge is 2.13. The van der Waals surface area contributed by atoms with E-state index < -0.39 is 0 Å². The summed E-state index contributed by atoms with van der Waals surface area (Å²) < 4.78 is 11.6. The Morgan fingerprint density at radius 1 is 1.08 bits per heavy atom. The van der Waals surface area contributed by atoms with Crippen molar-refractivity contribution >= 4 is 5.69 Å². The predicted octanol–water partition coefficient (Wildman–Crippen LogP) is 5.13. The summed E-state index contributed by atoms with van der Waals surface area (Å²) in [5.41, 5.74) is 4.66. The van der Waals surface area contributed by atoms with Gasteiger partial charge in [0.05, 0.1) is 13.2 Å². The van der Waals surface area contributed by atoms with Crippen LogP contribution >= 0.6 is 0 Å². The third-order valence-electron chi connectivity index (χ3n) is 3.77. The third-order valence-corrected chi connectivity index (χ3v) is 3.77. The van der Waals surface area contributed by atoms with Crippen molar-refractivity contribution in [2.45, 2.75) is 33.7 Å². The maximum absolute atomic E-state index is 5.82. The quantitative estimate of drug-likeness (QED) is 0.648. The van der Waals surface area contributed by atoms with Gasteiger partial charge in [0.25, 0.3) is 0 Å². The molecule has 2 aromatic rings. The van der Waals surface area contributed by atoms with Crippen molar-refractivity contribution in [3.8, 4) is 11.5 Å². The van der Waals surface area contributed by atoms with Crippen LogP contribution in [-0.2, 0) is 13.0 Å². The minimum atomic E-state index is 0.613. The summed E-state index contributed by atoms with van der Waals surface area (Å²) in [5.74, 6) is 1.64. The van der Waals surface area contributed by atoms with Crippen molar-refractivity contribution in [3.05, 3.63) is 65.7 Å². The molecule has 2 aromatic carbocycles. The zero-order valence-electron chi connectivity index (χ0n) is 14.9. The van der Waals surface area contributed by atoms with E-state index in [1.54, 1.807) is 0 Å². The molecule has 0 atom stereocenters. The molecular weight excluding hydrogens is 298 g/mol. The third kappa shape index (κ3) is 4.54. The van der Waals surface area contributed by atoms with Crippen LogP contribution in [0.1, 0.15) is 30.5 Å². The van der Waals surface area contributed by atoms with Gasteiger partial charge in [-0.1, -0.05) is 24.3 Å². The van der Waals surface area contributed by atoms with E-state index in [0.717, 1.165) is 35.7 Å². The number of nitrogens with one attached hydrogen (secondary N) is 1. The highest BCUT2D eigenvalue weighted by molar-refractivity contribution is 5.53. The number of ether oxygens (including phenoxy) is 2. The highest BCUT2D eigenvalue weighted by Crippen LogP contribution is 2.34. The Labute approximate surface area is 145 Å². The first kappa shape index (κ1) is 17.9. The Morgan fingerprint density at radius 2 is 1.83 bits per heavy atom. The van der Waals surface area contributed by atoms with Crippen LogP contribution in [0.3, 0.4) is 0 Å². The average molecular weight is 325 g/mol. The molecule has 24 heavy (non-hydrogen) atoms. The molecule has 2 rings (SSSR count). The fourth-order valence-corrected chi connectivity index (χ4v) is 2.67. The molecule has 128 valence electrons. The zero-order chi connectivity index (χ0) is 17.4. The largest absolute Gasteiger partial charge is 0.490 e. The van der Waals surface area contributed by atoms with E-state index in [2.05, 4.69) is 43.1 Å². The first-order chi connectivity index (χ1) is 11.7. The maximum atomic E-state index is 5.82. The topological polar surface area (TPSA) is 30.5 Å². The lowest BCUT2D eigenvalue weighted by atomic mass is 10.0. The fraction of sp³-hybridized carbons (Fsp3) is 0.333. The van der Waals surface area contributed by atoms with E-state index in [1.807, 2.05) is 32.1 Å². The van der Waals surface area contributed by atoms with Crippen molar-refractivity contribution in [1.82, 2.24) is 0 Å². The van der Waals surface area contributed by atoms with Crippen molar-refractivity contribution < 1.29 is 9.47 Å². The van der Waals surface area contributed by atoms with E-state index in [4.69, 9.17) is 9.47 Å². The maximum Gasteiger partial charge on any atom is 0.164 e. The zero-order valence-corrected chi connectivity index (χ0v) is 14.9. The van der Waals surface area contributed by atoms with Gasteiger partial charge in [0, 0.05) is 17.8 Å². The van der Waals surface area contributed by atoms with Crippen LogP contribution < -0.4 is 14.8 Å². The lowest BCUT2D eigenvalue weighted by Crippen LogP contribution is -2.06. The van der Waals surface area contributed by atoms with Gasteiger partial charge in [-0.15, -0.1) is 6.58 Å². The average Bonchev–Trinajstić information content (AvgIpc) is 2.57. The molecule has 0 radical (unpaired) electrons. The summed E-state index contributed by atoms with van der Waals surface area (Å²) in [5, 5.41) is 3.50. The van der Waals surface area contributed by atoms with Crippen LogP contribution in [-0.4, -0.2) is 13.2 Å². The molecule has 1 N–H and O–H groups in total. The number of anilines is 1. The molecule has 3 heteroatoms. The van der Waals surface area contributed by atoms with Crippen LogP contribution in [0, 0.1) is 6.92 Å². The summed E-state index contributed by atoms with van der Waals surface area (Å²) in [4.78, 5) is 0. The standard InChI is InChI=1S/C21H27NO2/c1-5-10-18-13-17(14-20(23-6-2)21(18)24-7-3)15-22-19-12-9-8-11-16(19)4/h5,8-9,11-14,22H,1,6-7,10,15H2,2-4H3. The molecule has 0 aliphatic heterocycles. The number of hydrogen-bond acceptors (Lipinski definition) is 3. The first-order valence-corrected chi connectivity index (χ1v) is 8.51. The molecule has 0 bridgehead atoms. The number of aryl methyl sites for hydroxylation is 1. The lowest BCUT2D eigenvalue weighted by molar-refractivity contribution is 0.285. The first-order valence-electron chi connectivity index (χ1n) is 8.51. The SMILES string of the molecule is C=CCc1cc(CNc2ccccc2C)cc(OCC)c1OCC. The van der Waals surface area contributed by atoms with Gasteiger partial charge in [-0.25, -0.2) is 0 Å². The molecule has 0 heterocycles. The molecule has 0 fully saturated rings. The monoisotopic (exact) mass is 325 g/mol. The Hall–Kier alpha value is -2.42. The summed E-state index contributed by atoms with van der Waals surface area (Å²) in [6.07, 6.45) is 2.65. The van der Waals surface area contributed by atoms with Gasteiger partial charge in [0.15, 0.2) is 11.5 Å². The molecule has 0 aliphatic rings. The molecule has 0 unspecified atom stereocenters. The van der Waals surface area contributed by atoms with Gasteiger partial charge in [0.1, 0.15) is 0 Å². The Kier molecular flexibility index (Phi) is 6.74. The van der Waals surface area contributed by atoms with Crippen LogP contribution in [0.4, 0.5) is 5.69 Å². The fourth-order valence-electron chi connectivity index (χ4n) is 2.67. The molecule has 0 amide bonds. The second-order valence-corrected chi connectivity index (χ2v) is 5.61. The number of benzene rings is 2. The normalized spacial score (nSPS) is 10.3. The molecule has 0 aliphatic carbocycles. The Balaban J connectivity index is 2.28. The summed E-state index contributed by atoms with van der Waals surface area (Å²) in [7, 11) is 0. The smallest absolute Gasteiger partial charge is 0.164 e. The molecule has 0 spiro atoms. The van der Waals surface area contributed by atoms with Gasteiger partial charge in [-0.05, 0) is 56.5 Å². The van der Waals surface area contributed by atoms with Crippen molar-refractivity contribution in [1.29, 1.82) is 0 Å². The van der Waals surface area contributed by atoms with Gasteiger partial charge in [0.2, 0.25) is 0 Å². The number of allylic oxidation sites excluding steroid dienone is 1. The number of rotatable bonds is 9. The summed E-state index contributed by atoms with van der Waals surface area (Å²) in [6.45, 7) is 11.9. The van der Waals surface area contributed by atoms with E-state index in [9.17, 15) is 0 Å². The molecule has 0 aromatic heterocycles. The number of para-hydroxylation sites is 1. The van der Waals surface area contributed by atoms with E-state index in [1.165, 1.54) is 11.1 Å². The van der Waals surface area contributed by atoms with Gasteiger partial charge in [-0.3, -0.25) is 0 Å². The van der Waals surface area contributed by atoms with Gasteiger partial charge in [-0.2, -0.15) is 0 Å². The van der Waals surface area contributed by atoms with Crippen LogP contribution in [0.2, 0.25) is 0 Å². The lowest BCUT2D eigenvalue weighted by Gasteiger charge is -2.17.